The average Bonchev–Trinajstić information content (AvgIpc) is 2.44. The van der Waals surface area contributed by atoms with Crippen LogP contribution >= 0.6 is 0 Å². The topological polar surface area (TPSA) is 33.1 Å². The number of aromatic hydroxyl groups is 1. The number of halogens is 1. The van der Waals surface area contributed by atoms with Crippen LogP contribution in [0, 0.1) is 12.7 Å². The Kier molecular flexibility index (Phi) is 3.11. The number of benzene rings is 2. The first-order valence-corrected chi connectivity index (χ1v) is 6.45. The maximum atomic E-state index is 12.9. The molecule has 1 aromatic heterocycles. The van der Waals surface area contributed by atoms with E-state index in [9.17, 15) is 9.50 Å². The number of rotatable bonds is 2. The van der Waals surface area contributed by atoms with Gasteiger partial charge in [0.25, 0.3) is 0 Å². The normalized spacial score (nSPS) is 10.9. The second kappa shape index (κ2) is 4.93. The molecule has 3 aromatic rings. The van der Waals surface area contributed by atoms with Gasteiger partial charge in [-0.2, -0.15) is 0 Å². The van der Waals surface area contributed by atoms with Crippen molar-refractivity contribution < 1.29 is 9.50 Å². The highest BCUT2D eigenvalue weighted by Gasteiger charge is 2.08. The van der Waals surface area contributed by atoms with Crippen LogP contribution < -0.4 is 0 Å². The molecule has 0 unspecified atom stereocenters. The third-order valence-electron chi connectivity index (χ3n) is 3.39. The van der Waals surface area contributed by atoms with Crippen molar-refractivity contribution in [2.24, 2.45) is 0 Å². The van der Waals surface area contributed by atoms with E-state index >= 15 is 0 Å². The Balaban J connectivity index is 2.08. The largest absolute Gasteiger partial charge is 0.506 e. The lowest BCUT2D eigenvalue weighted by atomic mass is 10.0. The highest BCUT2D eigenvalue weighted by atomic mass is 19.1. The number of hydrogen-bond donors (Lipinski definition) is 1. The zero-order valence-corrected chi connectivity index (χ0v) is 11.1. The fraction of sp³-hybridized carbons (Fsp3) is 0.118. The van der Waals surface area contributed by atoms with Gasteiger partial charge in [0.2, 0.25) is 0 Å². The summed E-state index contributed by atoms with van der Waals surface area (Å²) in [5.74, 6) is -0.0561. The van der Waals surface area contributed by atoms with Gasteiger partial charge in [-0.05, 0) is 30.7 Å². The Morgan fingerprint density at radius 2 is 1.80 bits per heavy atom. The number of nitrogens with zero attached hydrogens (tertiary/aromatic N) is 1. The van der Waals surface area contributed by atoms with E-state index in [1.807, 2.05) is 25.1 Å². The zero-order valence-electron chi connectivity index (χ0n) is 11.1. The Bertz CT molecular complexity index is 766. The molecular weight excluding hydrogens is 253 g/mol. The van der Waals surface area contributed by atoms with Crippen LogP contribution in [0.25, 0.3) is 10.8 Å². The van der Waals surface area contributed by atoms with Gasteiger partial charge < -0.3 is 5.11 Å². The molecule has 1 N–H and O–H groups in total. The molecule has 3 rings (SSSR count). The standard InChI is InChI=1S/C17H14FNO/c1-11-2-7-14-15(8-11)17(20)10-19-16(14)9-12-3-5-13(18)6-4-12/h2-8,10,20H,9H2,1H3. The van der Waals surface area contributed by atoms with Crippen molar-refractivity contribution in [2.45, 2.75) is 13.3 Å². The highest BCUT2D eigenvalue weighted by Crippen LogP contribution is 2.28. The molecule has 2 aromatic carbocycles. The van der Waals surface area contributed by atoms with Crippen molar-refractivity contribution in [1.82, 2.24) is 4.98 Å². The van der Waals surface area contributed by atoms with E-state index in [0.717, 1.165) is 27.6 Å². The summed E-state index contributed by atoms with van der Waals surface area (Å²) in [6.45, 7) is 1.99. The van der Waals surface area contributed by atoms with E-state index in [-0.39, 0.29) is 11.6 Å². The lowest BCUT2D eigenvalue weighted by molar-refractivity contribution is 0.479. The van der Waals surface area contributed by atoms with Gasteiger partial charge in [-0.25, -0.2) is 4.39 Å². The van der Waals surface area contributed by atoms with Crippen LogP contribution in [-0.4, -0.2) is 10.1 Å². The van der Waals surface area contributed by atoms with Gasteiger partial charge in [-0.1, -0.05) is 29.8 Å². The molecule has 0 bridgehead atoms. The minimum atomic E-state index is -0.243. The van der Waals surface area contributed by atoms with E-state index in [1.54, 1.807) is 12.1 Å². The number of hydrogen-bond acceptors (Lipinski definition) is 2. The van der Waals surface area contributed by atoms with Gasteiger partial charge in [-0.3, -0.25) is 4.98 Å². The number of aryl methyl sites for hydroxylation is 1. The second-order valence-corrected chi connectivity index (χ2v) is 4.94. The van der Waals surface area contributed by atoms with Gasteiger partial charge in [0.15, 0.2) is 0 Å². The van der Waals surface area contributed by atoms with Crippen LogP contribution in [0.5, 0.6) is 5.75 Å². The molecule has 3 heteroatoms. The molecule has 0 fully saturated rings. The fourth-order valence-corrected chi connectivity index (χ4v) is 2.34. The predicted octanol–water partition coefficient (Wildman–Crippen LogP) is 3.98. The molecule has 0 saturated carbocycles. The lowest BCUT2D eigenvalue weighted by Crippen LogP contribution is -1.94. The summed E-state index contributed by atoms with van der Waals surface area (Å²) in [6.07, 6.45) is 2.08. The monoisotopic (exact) mass is 267 g/mol. The maximum absolute atomic E-state index is 12.9. The lowest BCUT2D eigenvalue weighted by Gasteiger charge is -2.08. The van der Waals surface area contributed by atoms with E-state index in [1.165, 1.54) is 18.3 Å². The molecule has 0 aliphatic rings. The van der Waals surface area contributed by atoms with Crippen LogP contribution in [0.2, 0.25) is 0 Å². The van der Waals surface area contributed by atoms with Gasteiger partial charge in [0.05, 0.1) is 11.9 Å². The molecule has 0 atom stereocenters. The molecule has 0 aliphatic heterocycles. The second-order valence-electron chi connectivity index (χ2n) is 4.94. The average molecular weight is 267 g/mol. The molecule has 0 radical (unpaired) electrons. The van der Waals surface area contributed by atoms with Crippen LogP contribution in [-0.2, 0) is 6.42 Å². The third-order valence-corrected chi connectivity index (χ3v) is 3.39. The third kappa shape index (κ3) is 2.35. The summed E-state index contributed by atoms with van der Waals surface area (Å²) in [6, 6.07) is 12.3. The quantitative estimate of drug-likeness (QED) is 0.762. The van der Waals surface area contributed by atoms with Crippen molar-refractivity contribution in [3.05, 3.63) is 71.3 Å². The zero-order chi connectivity index (χ0) is 14.1. The molecule has 0 amide bonds. The smallest absolute Gasteiger partial charge is 0.141 e. The maximum Gasteiger partial charge on any atom is 0.141 e. The summed E-state index contributed by atoms with van der Waals surface area (Å²) < 4.78 is 12.9. The van der Waals surface area contributed by atoms with Crippen molar-refractivity contribution in [1.29, 1.82) is 0 Å². The van der Waals surface area contributed by atoms with Crippen LogP contribution in [0.1, 0.15) is 16.8 Å². The molecule has 100 valence electrons. The van der Waals surface area contributed by atoms with E-state index in [0.29, 0.717) is 6.42 Å². The van der Waals surface area contributed by atoms with E-state index < -0.39 is 0 Å². The summed E-state index contributed by atoms with van der Waals surface area (Å²) >= 11 is 0. The van der Waals surface area contributed by atoms with Crippen molar-refractivity contribution in [2.75, 3.05) is 0 Å². The summed E-state index contributed by atoms with van der Waals surface area (Å²) in [5.41, 5.74) is 2.96. The molecule has 0 aliphatic carbocycles. The first-order valence-electron chi connectivity index (χ1n) is 6.45. The Labute approximate surface area is 116 Å². The Hall–Kier alpha value is -2.42. The van der Waals surface area contributed by atoms with Crippen molar-refractivity contribution in [3.63, 3.8) is 0 Å². The molecule has 1 heterocycles. The van der Waals surface area contributed by atoms with Gasteiger partial charge in [0, 0.05) is 17.2 Å². The SMILES string of the molecule is Cc1ccc2c(Cc3ccc(F)cc3)ncc(O)c2c1. The van der Waals surface area contributed by atoms with Crippen molar-refractivity contribution >= 4 is 10.8 Å². The van der Waals surface area contributed by atoms with Crippen molar-refractivity contribution in [3.8, 4) is 5.75 Å². The predicted molar refractivity (Wildman–Crippen MR) is 77.4 cm³/mol. The minimum Gasteiger partial charge on any atom is -0.506 e. The summed E-state index contributed by atoms with van der Waals surface area (Å²) in [7, 11) is 0. The van der Waals surface area contributed by atoms with Gasteiger partial charge in [0.1, 0.15) is 11.6 Å². The minimum absolute atomic E-state index is 0.187. The first kappa shape index (κ1) is 12.6. The summed E-state index contributed by atoms with van der Waals surface area (Å²) in [4.78, 5) is 4.31. The highest BCUT2D eigenvalue weighted by molar-refractivity contribution is 5.90. The van der Waals surface area contributed by atoms with Crippen LogP contribution in [0.15, 0.2) is 48.7 Å². The Morgan fingerprint density at radius 1 is 1.05 bits per heavy atom. The first-order chi connectivity index (χ1) is 9.63. The number of pyridine rings is 1. The Morgan fingerprint density at radius 3 is 2.55 bits per heavy atom. The molecular formula is C17H14FNO. The number of aromatic nitrogens is 1. The van der Waals surface area contributed by atoms with Crippen LogP contribution in [0.3, 0.4) is 0 Å². The van der Waals surface area contributed by atoms with E-state index in [4.69, 9.17) is 0 Å². The molecule has 0 spiro atoms. The molecule has 0 saturated heterocycles. The summed E-state index contributed by atoms with van der Waals surface area (Å²) in [5, 5.41) is 11.6. The van der Waals surface area contributed by atoms with Crippen LogP contribution in [0.4, 0.5) is 4.39 Å². The van der Waals surface area contributed by atoms with Gasteiger partial charge >= 0.3 is 0 Å². The number of fused-ring (bicyclic) bond motifs is 1. The van der Waals surface area contributed by atoms with E-state index in [2.05, 4.69) is 4.98 Å². The molecule has 2 nitrogen and oxygen atoms in total. The van der Waals surface area contributed by atoms with Gasteiger partial charge in [-0.15, -0.1) is 0 Å². The molecule has 20 heavy (non-hydrogen) atoms. The fourth-order valence-electron chi connectivity index (χ4n) is 2.34.